The third-order valence-electron chi connectivity index (χ3n) is 4.06. The number of carbonyl (C=O) groups excluding carboxylic acids is 1. The van der Waals surface area contributed by atoms with Gasteiger partial charge in [0.15, 0.2) is 5.56 Å². The third-order valence-corrected chi connectivity index (χ3v) is 4.45. The summed E-state index contributed by atoms with van der Waals surface area (Å²) in [5.41, 5.74) is -0.835. The van der Waals surface area contributed by atoms with E-state index >= 15 is 0 Å². The lowest BCUT2D eigenvalue weighted by Crippen LogP contribution is -2.57. The topological polar surface area (TPSA) is 120 Å². The Morgan fingerprint density at radius 1 is 1.48 bits per heavy atom. The Morgan fingerprint density at radius 3 is 2.67 bits per heavy atom. The van der Waals surface area contributed by atoms with Crippen LogP contribution in [0.1, 0.15) is 26.3 Å². The van der Waals surface area contributed by atoms with Crippen LogP contribution in [-0.4, -0.2) is 58.9 Å². The Morgan fingerprint density at radius 2 is 2.15 bits per heavy atom. The second-order valence-corrected chi connectivity index (χ2v) is 7.50. The molecule has 1 aromatic rings. The predicted octanol–water partition coefficient (Wildman–Crippen LogP) is 2.54. The van der Waals surface area contributed by atoms with Crippen molar-refractivity contribution >= 4 is 29.1 Å². The highest BCUT2D eigenvalue weighted by Gasteiger charge is 2.34. The van der Waals surface area contributed by atoms with E-state index in [0.29, 0.717) is 18.8 Å². The van der Waals surface area contributed by atoms with Gasteiger partial charge in [0.05, 0.1) is 28.3 Å². The van der Waals surface area contributed by atoms with Crippen molar-refractivity contribution in [2.24, 2.45) is 0 Å². The quantitative estimate of drug-likeness (QED) is 0.615. The van der Waals surface area contributed by atoms with Crippen LogP contribution >= 0.6 is 11.6 Å². The molecule has 1 N–H and O–H groups in total. The number of nitro groups is 1. The SMILES string of the molecule is CC(C)(C)OC(=O)N1CCN(c2ccc([N+](=O)[O-])c(C#N)c2Cl)[C@H](CO)C1. The summed E-state index contributed by atoms with van der Waals surface area (Å²) in [6, 6.07) is 3.94. The number of hydrogen-bond acceptors (Lipinski definition) is 7. The van der Waals surface area contributed by atoms with Crippen molar-refractivity contribution in [2.45, 2.75) is 32.4 Å². The van der Waals surface area contributed by atoms with Crippen molar-refractivity contribution in [1.82, 2.24) is 4.90 Å². The van der Waals surface area contributed by atoms with E-state index in [1.54, 1.807) is 31.7 Å². The van der Waals surface area contributed by atoms with E-state index in [1.165, 1.54) is 17.0 Å². The van der Waals surface area contributed by atoms with Gasteiger partial charge in [0.2, 0.25) is 0 Å². The minimum Gasteiger partial charge on any atom is -0.444 e. The highest BCUT2D eigenvalue weighted by molar-refractivity contribution is 6.34. The Kier molecular flexibility index (Phi) is 6.13. The predicted molar refractivity (Wildman–Crippen MR) is 98.8 cm³/mol. The number of nitrogens with zero attached hydrogens (tertiary/aromatic N) is 4. The van der Waals surface area contributed by atoms with Crippen LogP contribution in [-0.2, 0) is 4.74 Å². The molecular formula is C17H21ClN4O5. The fourth-order valence-corrected chi connectivity index (χ4v) is 3.17. The second kappa shape index (κ2) is 7.98. The van der Waals surface area contributed by atoms with Crippen LogP contribution in [0.3, 0.4) is 0 Å². The molecule has 1 aromatic carbocycles. The zero-order valence-electron chi connectivity index (χ0n) is 15.3. The van der Waals surface area contributed by atoms with Gasteiger partial charge >= 0.3 is 6.09 Å². The molecule has 0 bridgehead atoms. The number of rotatable bonds is 3. The summed E-state index contributed by atoms with van der Waals surface area (Å²) in [6.45, 7) is 5.88. The van der Waals surface area contributed by atoms with Crippen molar-refractivity contribution in [2.75, 3.05) is 31.1 Å². The molecule has 10 heteroatoms. The standard InChI is InChI=1S/C17H21ClN4O5/c1-17(2,3)27-16(24)20-6-7-21(11(9-20)10-23)14-5-4-13(22(25)26)12(8-19)15(14)18/h4-5,11,23H,6-7,9-10H2,1-3H3/t11-/m0/s1. The van der Waals surface area contributed by atoms with Crippen LogP contribution in [0.4, 0.5) is 16.2 Å². The van der Waals surface area contributed by atoms with Gasteiger partial charge in [0, 0.05) is 25.7 Å². The van der Waals surface area contributed by atoms with E-state index in [-0.39, 0.29) is 29.4 Å². The number of amides is 1. The first-order chi connectivity index (χ1) is 12.6. The smallest absolute Gasteiger partial charge is 0.410 e. The molecule has 1 heterocycles. The average molecular weight is 397 g/mol. The zero-order chi connectivity index (χ0) is 20.4. The van der Waals surface area contributed by atoms with Crippen molar-refractivity contribution in [1.29, 1.82) is 5.26 Å². The lowest BCUT2D eigenvalue weighted by molar-refractivity contribution is -0.385. The van der Waals surface area contributed by atoms with Gasteiger partial charge in [0.1, 0.15) is 11.7 Å². The lowest BCUT2D eigenvalue weighted by atomic mass is 10.1. The van der Waals surface area contributed by atoms with Gasteiger partial charge in [-0.3, -0.25) is 10.1 Å². The number of ether oxygens (including phenoxy) is 1. The van der Waals surface area contributed by atoms with Gasteiger partial charge in [-0.2, -0.15) is 5.26 Å². The fraction of sp³-hybridized carbons (Fsp3) is 0.529. The molecule has 27 heavy (non-hydrogen) atoms. The van der Waals surface area contributed by atoms with E-state index < -0.39 is 22.7 Å². The molecule has 1 atom stereocenters. The molecule has 1 saturated heterocycles. The van der Waals surface area contributed by atoms with E-state index in [1.807, 2.05) is 0 Å². The van der Waals surface area contributed by atoms with Crippen LogP contribution < -0.4 is 4.90 Å². The number of hydrogen-bond donors (Lipinski definition) is 1. The molecule has 146 valence electrons. The maximum atomic E-state index is 12.3. The third kappa shape index (κ3) is 4.59. The number of benzene rings is 1. The van der Waals surface area contributed by atoms with Crippen LogP contribution in [0.5, 0.6) is 0 Å². The Labute approximate surface area is 161 Å². The van der Waals surface area contributed by atoms with Gasteiger partial charge in [-0.1, -0.05) is 11.6 Å². The molecule has 1 aliphatic heterocycles. The maximum absolute atomic E-state index is 12.3. The molecule has 0 unspecified atom stereocenters. The van der Waals surface area contributed by atoms with Crippen LogP contribution in [0.15, 0.2) is 12.1 Å². The minimum atomic E-state index is -0.668. The Hall–Kier alpha value is -2.57. The van der Waals surface area contributed by atoms with Crippen molar-refractivity contribution in [3.8, 4) is 6.07 Å². The summed E-state index contributed by atoms with van der Waals surface area (Å²) in [5, 5.41) is 30.0. The Balaban J connectivity index is 2.27. The molecule has 1 amide bonds. The monoisotopic (exact) mass is 396 g/mol. The van der Waals surface area contributed by atoms with Gasteiger partial charge in [-0.15, -0.1) is 0 Å². The molecular weight excluding hydrogens is 376 g/mol. The first-order valence-corrected chi connectivity index (χ1v) is 8.69. The summed E-state index contributed by atoms with van der Waals surface area (Å²) < 4.78 is 5.36. The number of carbonyl (C=O) groups is 1. The number of nitro benzene ring substituents is 1. The second-order valence-electron chi connectivity index (χ2n) is 7.12. The maximum Gasteiger partial charge on any atom is 0.410 e. The largest absolute Gasteiger partial charge is 0.444 e. The number of nitriles is 1. The van der Waals surface area contributed by atoms with E-state index in [2.05, 4.69) is 0 Å². The summed E-state index contributed by atoms with van der Waals surface area (Å²) in [4.78, 5) is 25.9. The lowest BCUT2D eigenvalue weighted by Gasteiger charge is -2.42. The van der Waals surface area contributed by atoms with Crippen LogP contribution in [0.2, 0.25) is 5.02 Å². The molecule has 1 aliphatic rings. The molecule has 0 saturated carbocycles. The minimum absolute atomic E-state index is 0.0455. The van der Waals surface area contributed by atoms with E-state index in [0.717, 1.165) is 0 Å². The number of piperazine rings is 1. The van der Waals surface area contributed by atoms with Crippen molar-refractivity contribution < 1.29 is 19.6 Å². The van der Waals surface area contributed by atoms with Crippen molar-refractivity contribution in [3.05, 3.63) is 32.8 Å². The number of halogens is 1. The van der Waals surface area contributed by atoms with Gasteiger partial charge < -0.3 is 19.6 Å². The first kappa shape index (κ1) is 20.7. The number of anilines is 1. The molecule has 0 aliphatic carbocycles. The van der Waals surface area contributed by atoms with Crippen molar-refractivity contribution in [3.63, 3.8) is 0 Å². The van der Waals surface area contributed by atoms with Crippen LogP contribution in [0, 0.1) is 21.4 Å². The fourth-order valence-electron chi connectivity index (χ4n) is 2.86. The summed E-state index contributed by atoms with van der Waals surface area (Å²) in [6.07, 6.45) is -0.479. The first-order valence-electron chi connectivity index (χ1n) is 8.31. The molecule has 0 spiro atoms. The normalized spacial score (nSPS) is 17.4. The zero-order valence-corrected chi connectivity index (χ0v) is 16.1. The molecule has 1 fully saturated rings. The highest BCUT2D eigenvalue weighted by atomic mass is 35.5. The number of aliphatic hydroxyl groups is 1. The van der Waals surface area contributed by atoms with E-state index in [9.17, 15) is 25.3 Å². The molecule has 9 nitrogen and oxygen atoms in total. The van der Waals surface area contributed by atoms with Crippen LogP contribution in [0.25, 0.3) is 0 Å². The number of aliphatic hydroxyl groups excluding tert-OH is 1. The van der Waals surface area contributed by atoms with Gasteiger partial charge in [-0.25, -0.2) is 4.79 Å². The summed E-state index contributed by atoms with van der Waals surface area (Å²) >= 11 is 6.24. The summed E-state index contributed by atoms with van der Waals surface area (Å²) in [7, 11) is 0. The van der Waals surface area contributed by atoms with Gasteiger partial charge in [-0.05, 0) is 26.8 Å². The molecule has 2 rings (SSSR count). The summed E-state index contributed by atoms with van der Waals surface area (Å²) in [5.74, 6) is 0. The van der Waals surface area contributed by atoms with Gasteiger partial charge in [0.25, 0.3) is 5.69 Å². The average Bonchev–Trinajstić information content (AvgIpc) is 2.59. The molecule has 0 aromatic heterocycles. The highest BCUT2D eigenvalue weighted by Crippen LogP contribution is 2.36. The Bertz CT molecular complexity index is 787. The molecule has 0 radical (unpaired) electrons. The van der Waals surface area contributed by atoms with E-state index in [4.69, 9.17) is 16.3 Å².